The minimum Gasteiger partial charge on any atom is -0.808 e. The molecule has 102 valence electrons. The van der Waals surface area contributed by atoms with Crippen molar-refractivity contribution in [1.29, 1.82) is 0 Å². The van der Waals surface area contributed by atoms with Gasteiger partial charge in [0.1, 0.15) is 0 Å². The fourth-order valence-electron chi connectivity index (χ4n) is 2.83. The van der Waals surface area contributed by atoms with E-state index in [-0.39, 0.29) is 11.4 Å². The van der Waals surface area contributed by atoms with Gasteiger partial charge in [0.25, 0.3) is 0 Å². The third kappa shape index (κ3) is 2.73. The maximum absolute atomic E-state index is 13.1. The van der Waals surface area contributed by atoms with Crippen LogP contribution in [-0.2, 0) is 4.74 Å². The Balaban J connectivity index is 2.25. The highest BCUT2D eigenvalue weighted by Crippen LogP contribution is 2.57. The highest BCUT2D eigenvalue weighted by Gasteiger charge is 2.31. The Morgan fingerprint density at radius 1 is 1.17 bits per heavy atom. The average molecular weight is 267 g/mol. The van der Waals surface area contributed by atoms with Crippen LogP contribution < -0.4 is 0 Å². The number of ether oxygens (including phenoxy) is 1. The van der Waals surface area contributed by atoms with E-state index in [1.165, 1.54) is 18.4 Å². The van der Waals surface area contributed by atoms with Crippen LogP contribution >= 0.6 is 10.3 Å². The van der Waals surface area contributed by atoms with Gasteiger partial charge in [-0.05, 0) is 30.9 Å². The highest BCUT2D eigenvalue weighted by molar-refractivity contribution is 8.29. The Kier molecular flexibility index (Phi) is 4.36. The summed E-state index contributed by atoms with van der Waals surface area (Å²) in [4.78, 5) is 0.974. The molecule has 0 saturated heterocycles. The van der Waals surface area contributed by atoms with E-state index in [1.54, 1.807) is 7.11 Å². The van der Waals surface area contributed by atoms with Crippen LogP contribution in [0, 0.1) is 6.92 Å². The van der Waals surface area contributed by atoms with Crippen molar-refractivity contribution in [2.75, 3.05) is 13.4 Å². The van der Waals surface area contributed by atoms with Gasteiger partial charge in [-0.3, -0.25) is 10.3 Å². The minimum absolute atomic E-state index is 0.151. The third-order valence-corrected chi connectivity index (χ3v) is 6.91. The van der Waals surface area contributed by atoms with Gasteiger partial charge in [-0.15, -0.1) is 0 Å². The van der Waals surface area contributed by atoms with Crippen molar-refractivity contribution in [2.24, 2.45) is 0 Å². The molecule has 1 aromatic rings. The van der Waals surface area contributed by atoms with Gasteiger partial charge in [0.05, 0.1) is 6.10 Å². The largest absolute Gasteiger partial charge is 0.808 e. The smallest absolute Gasteiger partial charge is 0.0668 e. The topological polar surface area (TPSA) is 32.3 Å². The van der Waals surface area contributed by atoms with Gasteiger partial charge >= 0.3 is 0 Å². The summed E-state index contributed by atoms with van der Waals surface area (Å²) in [5, 5.41) is 0.166. The van der Waals surface area contributed by atoms with Gasteiger partial charge in [0.2, 0.25) is 0 Å². The number of aryl methyl sites for hydroxylation is 1. The van der Waals surface area contributed by atoms with Crippen LogP contribution in [0.15, 0.2) is 29.2 Å². The fraction of sp³-hybridized carbons (Fsp3) is 0.600. The molecule has 0 radical (unpaired) electrons. The first-order chi connectivity index (χ1) is 8.55. The van der Waals surface area contributed by atoms with Crippen molar-refractivity contribution >= 4 is 10.3 Å². The molecule has 3 heteroatoms. The van der Waals surface area contributed by atoms with Crippen molar-refractivity contribution in [3.8, 4) is 0 Å². The fourth-order valence-corrected chi connectivity index (χ4v) is 5.30. The number of rotatable bonds is 3. The summed E-state index contributed by atoms with van der Waals surface area (Å²) in [5.74, 6) is 0. The first kappa shape index (κ1) is 13.9. The normalized spacial score (nSPS) is 29.6. The van der Waals surface area contributed by atoms with Crippen LogP contribution in [0.2, 0.25) is 0 Å². The second-order valence-corrected chi connectivity index (χ2v) is 8.20. The summed E-state index contributed by atoms with van der Waals surface area (Å²) in [6.07, 6.45) is 6.47. The lowest BCUT2D eigenvalue weighted by Gasteiger charge is -2.54. The van der Waals surface area contributed by atoms with Gasteiger partial charge in [-0.2, -0.15) is 0 Å². The molecule has 2 rings (SSSR count). The molecule has 0 aromatic heterocycles. The molecule has 0 aliphatic heterocycles. The van der Waals surface area contributed by atoms with E-state index in [9.17, 15) is 4.55 Å². The number of benzene rings is 1. The van der Waals surface area contributed by atoms with E-state index >= 15 is 0 Å². The third-order valence-electron chi connectivity index (χ3n) is 4.01. The molecule has 0 amide bonds. The van der Waals surface area contributed by atoms with Crippen LogP contribution in [0.1, 0.15) is 31.2 Å². The van der Waals surface area contributed by atoms with Crippen LogP contribution in [0.4, 0.5) is 0 Å². The van der Waals surface area contributed by atoms with Crippen molar-refractivity contribution in [1.82, 2.24) is 0 Å². The van der Waals surface area contributed by atoms with E-state index in [4.69, 9.17) is 4.74 Å². The Bertz CT molecular complexity index is 386. The lowest BCUT2D eigenvalue weighted by Crippen LogP contribution is -2.35. The van der Waals surface area contributed by atoms with E-state index in [1.807, 2.05) is 30.5 Å². The van der Waals surface area contributed by atoms with E-state index in [0.717, 1.165) is 17.7 Å². The van der Waals surface area contributed by atoms with E-state index < -0.39 is 10.3 Å². The number of methoxy groups -OCH3 is 1. The first-order valence-corrected chi connectivity index (χ1v) is 8.66. The van der Waals surface area contributed by atoms with E-state index in [2.05, 4.69) is 6.92 Å². The molecular weight excluding hydrogens is 244 g/mol. The van der Waals surface area contributed by atoms with Gasteiger partial charge in [0.15, 0.2) is 0 Å². The molecule has 1 saturated carbocycles. The van der Waals surface area contributed by atoms with Gasteiger partial charge in [-0.25, -0.2) is 0 Å². The number of hydrogen-bond acceptors (Lipinski definition) is 2. The van der Waals surface area contributed by atoms with Crippen molar-refractivity contribution < 1.29 is 9.29 Å². The van der Waals surface area contributed by atoms with Crippen LogP contribution in [0.25, 0.3) is 0 Å². The molecule has 1 aliphatic rings. The predicted molar refractivity (Wildman–Crippen MR) is 76.8 cm³/mol. The molecule has 3 unspecified atom stereocenters. The van der Waals surface area contributed by atoms with Crippen molar-refractivity contribution in [2.45, 2.75) is 48.9 Å². The Labute approximate surface area is 112 Å². The lowest BCUT2D eigenvalue weighted by molar-refractivity contribution is 0.0734. The van der Waals surface area contributed by atoms with Crippen molar-refractivity contribution in [3.63, 3.8) is 0 Å². The molecule has 0 bridgehead atoms. The summed E-state index contributed by atoms with van der Waals surface area (Å²) in [7, 11) is -0.271. The summed E-state index contributed by atoms with van der Waals surface area (Å²) in [6.45, 7) is 2.06. The zero-order valence-electron chi connectivity index (χ0n) is 11.5. The summed E-state index contributed by atoms with van der Waals surface area (Å²) < 4.78 is 18.7. The molecule has 0 spiro atoms. The molecule has 1 aromatic carbocycles. The van der Waals surface area contributed by atoms with Crippen LogP contribution in [0.5, 0.6) is 0 Å². The second-order valence-electron chi connectivity index (χ2n) is 5.31. The van der Waals surface area contributed by atoms with Gasteiger partial charge < -0.3 is 9.29 Å². The monoisotopic (exact) mass is 267 g/mol. The molecule has 0 N–H and O–H groups in total. The standard InChI is InChI=1S/C15H24O2S/c1-12-8-10-13(11-9-12)18(3,16)15-7-5-4-6-14(15)17-2/h8-11,14-16H,4-7H2,1-3H3/p-1. The maximum atomic E-state index is 13.1. The van der Waals surface area contributed by atoms with E-state index in [0.29, 0.717) is 0 Å². The molecule has 0 heterocycles. The van der Waals surface area contributed by atoms with Gasteiger partial charge in [0, 0.05) is 12.4 Å². The first-order valence-electron chi connectivity index (χ1n) is 6.63. The molecule has 18 heavy (non-hydrogen) atoms. The predicted octanol–water partition coefficient (Wildman–Crippen LogP) is 3.88. The summed E-state index contributed by atoms with van der Waals surface area (Å²) in [5.41, 5.74) is 1.21. The lowest BCUT2D eigenvalue weighted by atomic mass is 9.97. The Morgan fingerprint density at radius 3 is 2.39 bits per heavy atom. The van der Waals surface area contributed by atoms with Crippen LogP contribution in [-0.4, -0.2) is 29.3 Å². The molecule has 1 aliphatic carbocycles. The summed E-state index contributed by atoms with van der Waals surface area (Å²) in [6, 6.07) is 8.12. The highest BCUT2D eigenvalue weighted by atomic mass is 32.3. The molecule has 2 nitrogen and oxygen atoms in total. The Morgan fingerprint density at radius 2 is 1.78 bits per heavy atom. The quantitative estimate of drug-likeness (QED) is 0.832. The zero-order valence-corrected chi connectivity index (χ0v) is 12.3. The molecular formula is C15H23O2S-. The SMILES string of the molecule is COC1CCCCC1S(C)([O-])c1ccc(C)cc1. The second kappa shape index (κ2) is 5.64. The zero-order chi connectivity index (χ0) is 13.2. The number of hydrogen-bond donors (Lipinski definition) is 0. The minimum atomic E-state index is -2.02. The van der Waals surface area contributed by atoms with Gasteiger partial charge in [-0.1, -0.05) is 42.7 Å². The summed E-state index contributed by atoms with van der Waals surface area (Å²) >= 11 is 0. The van der Waals surface area contributed by atoms with Crippen molar-refractivity contribution in [3.05, 3.63) is 29.8 Å². The van der Waals surface area contributed by atoms with Crippen LogP contribution in [0.3, 0.4) is 0 Å². The molecule has 3 atom stereocenters. The maximum Gasteiger partial charge on any atom is 0.0668 e. The Hall–Kier alpha value is -0.510. The average Bonchev–Trinajstić information content (AvgIpc) is 2.39. The molecule has 1 fully saturated rings.